The maximum atomic E-state index is 11.4. The van der Waals surface area contributed by atoms with Crippen molar-refractivity contribution in [1.82, 2.24) is 4.90 Å². The number of rotatable bonds is 2. The predicted octanol–water partition coefficient (Wildman–Crippen LogP) is 0.946. The smallest absolute Gasteiger partial charge is 0.410 e. The van der Waals surface area contributed by atoms with Gasteiger partial charge in [-0.05, 0) is 13.0 Å². The fraction of sp³-hybridized carbons (Fsp3) is 0.600. The van der Waals surface area contributed by atoms with Gasteiger partial charge in [-0.25, -0.2) is 4.79 Å². The van der Waals surface area contributed by atoms with E-state index >= 15 is 0 Å². The molecule has 1 rings (SSSR count). The van der Waals surface area contributed by atoms with Gasteiger partial charge in [0.05, 0.1) is 13.2 Å². The molecule has 1 atom stereocenters. The molecular weight excluding hydrogens is 198 g/mol. The van der Waals surface area contributed by atoms with Crippen LogP contribution in [0.5, 0.6) is 0 Å². The highest BCUT2D eigenvalue weighted by Gasteiger charge is 2.22. The molecular formula is C10H15NO4. The second-order valence-corrected chi connectivity index (χ2v) is 3.18. The van der Waals surface area contributed by atoms with E-state index in [1.54, 1.807) is 19.1 Å². The number of hydrogen-bond acceptors (Lipinski definition) is 4. The zero-order chi connectivity index (χ0) is 11.3. The van der Waals surface area contributed by atoms with Crippen LogP contribution in [0.25, 0.3) is 0 Å². The summed E-state index contributed by atoms with van der Waals surface area (Å²) < 4.78 is 9.82. The molecule has 0 aromatic heterocycles. The Morgan fingerprint density at radius 3 is 2.87 bits per heavy atom. The monoisotopic (exact) mass is 213 g/mol. The van der Waals surface area contributed by atoms with Crippen LogP contribution in [0.3, 0.4) is 0 Å². The standard InChI is InChI=1S/C10H15NO4/c1-3-14-10(13)11-6-4-5-9(7-11)15-8(2)12/h4-5,9H,3,6-7H2,1-2H3. The molecule has 0 saturated heterocycles. The molecule has 0 spiro atoms. The van der Waals surface area contributed by atoms with Crippen LogP contribution < -0.4 is 0 Å². The van der Waals surface area contributed by atoms with Gasteiger partial charge in [0.15, 0.2) is 0 Å². The molecule has 1 aliphatic rings. The number of carbonyl (C=O) groups is 2. The van der Waals surface area contributed by atoms with Gasteiger partial charge in [-0.2, -0.15) is 0 Å². The van der Waals surface area contributed by atoms with Crippen LogP contribution in [-0.4, -0.2) is 42.8 Å². The molecule has 0 aromatic carbocycles. The van der Waals surface area contributed by atoms with E-state index in [0.717, 1.165) is 0 Å². The number of amides is 1. The zero-order valence-electron chi connectivity index (χ0n) is 8.93. The van der Waals surface area contributed by atoms with Crippen molar-refractivity contribution in [2.45, 2.75) is 20.0 Å². The van der Waals surface area contributed by atoms with E-state index in [9.17, 15) is 9.59 Å². The highest BCUT2D eigenvalue weighted by Crippen LogP contribution is 2.07. The summed E-state index contributed by atoms with van der Waals surface area (Å²) in [7, 11) is 0. The first-order valence-electron chi connectivity index (χ1n) is 4.89. The third-order valence-corrected chi connectivity index (χ3v) is 1.92. The van der Waals surface area contributed by atoms with E-state index in [0.29, 0.717) is 19.7 Å². The second-order valence-electron chi connectivity index (χ2n) is 3.18. The second kappa shape index (κ2) is 5.38. The predicted molar refractivity (Wildman–Crippen MR) is 53.3 cm³/mol. The van der Waals surface area contributed by atoms with E-state index in [2.05, 4.69) is 0 Å². The van der Waals surface area contributed by atoms with Crippen LogP contribution in [-0.2, 0) is 14.3 Å². The molecule has 0 aromatic rings. The SMILES string of the molecule is CCOC(=O)N1CC=CC(OC(C)=O)C1. The van der Waals surface area contributed by atoms with Crippen LogP contribution in [0.15, 0.2) is 12.2 Å². The molecule has 15 heavy (non-hydrogen) atoms. The lowest BCUT2D eigenvalue weighted by atomic mass is 10.2. The fourth-order valence-electron chi connectivity index (χ4n) is 1.35. The molecule has 1 heterocycles. The summed E-state index contributed by atoms with van der Waals surface area (Å²) in [6, 6.07) is 0. The van der Waals surface area contributed by atoms with Crippen molar-refractivity contribution < 1.29 is 19.1 Å². The van der Waals surface area contributed by atoms with Crippen LogP contribution in [0.2, 0.25) is 0 Å². The summed E-state index contributed by atoms with van der Waals surface area (Å²) in [5.74, 6) is -0.352. The molecule has 0 aliphatic carbocycles. The Balaban J connectivity index is 2.48. The fourth-order valence-corrected chi connectivity index (χ4v) is 1.35. The number of carbonyl (C=O) groups excluding carboxylic acids is 2. The van der Waals surface area contributed by atoms with Crippen molar-refractivity contribution in [2.24, 2.45) is 0 Å². The van der Waals surface area contributed by atoms with Gasteiger partial charge in [0, 0.05) is 13.5 Å². The lowest BCUT2D eigenvalue weighted by Gasteiger charge is -2.27. The van der Waals surface area contributed by atoms with Crippen molar-refractivity contribution >= 4 is 12.1 Å². The Hall–Kier alpha value is -1.52. The van der Waals surface area contributed by atoms with E-state index in [4.69, 9.17) is 9.47 Å². The van der Waals surface area contributed by atoms with Crippen molar-refractivity contribution in [3.8, 4) is 0 Å². The summed E-state index contributed by atoms with van der Waals surface area (Å²) in [6.45, 7) is 4.29. The third-order valence-electron chi connectivity index (χ3n) is 1.92. The molecule has 1 aliphatic heterocycles. The lowest BCUT2D eigenvalue weighted by Crippen LogP contribution is -2.41. The highest BCUT2D eigenvalue weighted by atomic mass is 16.6. The Morgan fingerprint density at radius 1 is 1.53 bits per heavy atom. The number of esters is 1. The average molecular weight is 213 g/mol. The van der Waals surface area contributed by atoms with Crippen molar-refractivity contribution in [3.63, 3.8) is 0 Å². The van der Waals surface area contributed by atoms with E-state index < -0.39 is 0 Å². The third kappa shape index (κ3) is 3.61. The van der Waals surface area contributed by atoms with Crippen LogP contribution in [0, 0.1) is 0 Å². The minimum absolute atomic E-state index is 0.345. The minimum atomic E-state index is -0.376. The van der Waals surface area contributed by atoms with Crippen molar-refractivity contribution in [2.75, 3.05) is 19.7 Å². The lowest BCUT2D eigenvalue weighted by molar-refractivity contribution is -0.144. The minimum Gasteiger partial charge on any atom is -0.456 e. The quantitative estimate of drug-likeness (QED) is 0.506. The summed E-state index contributed by atoms with van der Waals surface area (Å²) in [6.07, 6.45) is 2.82. The van der Waals surface area contributed by atoms with Gasteiger partial charge in [-0.15, -0.1) is 0 Å². The first-order chi connectivity index (χ1) is 7.13. The van der Waals surface area contributed by atoms with Gasteiger partial charge in [-0.3, -0.25) is 4.79 Å². The molecule has 84 valence electrons. The highest BCUT2D eigenvalue weighted by molar-refractivity contribution is 5.69. The molecule has 0 saturated carbocycles. The maximum Gasteiger partial charge on any atom is 0.410 e. The van der Waals surface area contributed by atoms with Crippen LogP contribution in [0.4, 0.5) is 4.79 Å². The Morgan fingerprint density at radius 2 is 2.27 bits per heavy atom. The van der Waals surface area contributed by atoms with Gasteiger partial charge in [-0.1, -0.05) is 6.08 Å². The number of hydrogen-bond donors (Lipinski definition) is 0. The Kier molecular flexibility index (Phi) is 4.15. The molecule has 5 nitrogen and oxygen atoms in total. The molecule has 0 bridgehead atoms. The summed E-state index contributed by atoms with van der Waals surface area (Å²) in [5.41, 5.74) is 0. The van der Waals surface area contributed by atoms with Crippen LogP contribution >= 0.6 is 0 Å². The Bertz CT molecular complexity index is 275. The van der Waals surface area contributed by atoms with Gasteiger partial charge in [0.25, 0.3) is 0 Å². The maximum absolute atomic E-state index is 11.4. The average Bonchev–Trinajstić information content (AvgIpc) is 2.17. The largest absolute Gasteiger partial charge is 0.456 e. The molecule has 0 fully saturated rings. The van der Waals surface area contributed by atoms with Gasteiger partial charge in [0.1, 0.15) is 6.10 Å². The Labute approximate surface area is 88.6 Å². The molecule has 1 unspecified atom stereocenters. The van der Waals surface area contributed by atoms with Crippen molar-refractivity contribution in [1.29, 1.82) is 0 Å². The summed E-state index contributed by atoms with van der Waals surface area (Å²) in [5, 5.41) is 0. The van der Waals surface area contributed by atoms with E-state index in [-0.39, 0.29) is 18.2 Å². The van der Waals surface area contributed by atoms with Crippen LogP contribution in [0.1, 0.15) is 13.8 Å². The normalized spacial score (nSPS) is 19.9. The summed E-state index contributed by atoms with van der Waals surface area (Å²) >= 11 is 0. The first kappa shape index (κ1) is 11.6. The molecule has 0 N–H and O–H groups in total. The molecule has 5 heteroatoms. The van der Waals surface area contributed by atoms with E-state index in [1.165, 1.54) is 11.8 Å². The van der Waals surface area contributed by atoms with E-state index in [1.807, 2.05) is 0 Å². The summed E-state index contributed by atoms with van der Waals surface area (Å²) in [4.78, 5) is 23.6. The number of nitrogens with zero attached hydrogens (tertiary/aromatic N) is 1. The van der Waals surface area contributed by atoms with Gasteiger partial charge >= 0.3 is 12.1 Å². The van der Waals surface area contributed by atoms with Gasteiger partial charge in [0.2, 0.25) is 0 Å². The topological polar surface area (TPSA) is 55.8 Å². The zero-order valence-corrected chi connectivity index (χ0v) is 8.93. The molecule has 1 amide bonds. The number of ether oxygens (including phenoxy) is 2. The van der Waals surface area contributed by atoms with Gasteiger partial charge < -0.3 is 14.4 Å². The van der Waals surface area contributed by atoms with Crippen molar-refractivity contribution in [3.05, 3.63) is 12.2 Å². The molecule has 0 radical (unpaired) electrons. The first-order valence-corrected chi connectivity index (χ1v) is 4.89.